The molecular formula is C18H21N5. The smallest absolute Gasteiger partial charge is 0.0991 e. The molecule has 0 aliphatic heterocycles. The minimum absolute atomic E-state index is 0.898. The largest absolute Gasteiger partial charge is 0.306 e. The Bertz CT molecular complexity index is 770. The van der Waals surface area contributed by atoms with Crippen LogP contribution in [-0.2, 0) is 25.9 Å². The van der Waals surface area contributed by atoms with Crippen LogP contribution in [0.1, 0.15) is 28.9 Å². The van der Waals surface area contributed by atoms with Crippen LogP contribution >= 0.6 is 0 Å². The van der Waals surface area contributed by atoms with Gasteiger partial charge in [0, 0.05) is 36.9 Å². The third kappa shape index (κ3) is 2.92. The third-order valence-electron chi connectivity index (χ3n) is 4.50. The predicted molar refractivity (Wildman–Crippen MR) is 89.3 cm³/mol. The number of imidazole rings is 1. The van der Waals surface area contributed by atoms with E-state index in [2.05, 4.69) is 51.4 Å². The van der Waals surface area contributed by atoms with Crippen LogP contribution in [0.5, 0.6) is 0 Å². The highest BCUT2D eigenvalue weighted by atomic mass is 15.2. The molecule has 118 valence electrons. The molecule has 1 aromatic carbocycles. The Labute approximate surface area is 136 Å². The molecule has 0 amide bonds. The number of H-pyrrole nitrogens is 1. The lowest BCUT2D eigenvalue weighted by atomic mass is 10.1. The highest BCUT2D eigenvalue weighted by molar-refractivity contribution is 5.34. The molecular weight excluding hydrogens is 286 g/mol. The van der Waals surface area contributed by atoms with Gasteiger partial charge in [-0.3, -0.25) is 10.00 Å². The van der Waals surface area contributed by atoms with Gasteiger partial charge in [-0.25, -0.2) is 4.98 Å². The first kappa shape index (κ1) is 14.2. The zero-order valence-electron chi connectivity index (χ0n) is 13.4. The van der Waals surface area contributed by atoms with Gasteiger partial charge in [0.25, 0.3) is 0 Å². The van der Waals surface area contributed by atoms with Gasteiger partial charge in [0.05, 0.1) is 12.0 Å². The highest BCUT2D eigenvalue weighted by Crippen LogP contribution is 2.23. The molecule has 0 atom stereocenters. The number of aromatic nitrogens is 4. The summed E-state index contributed by atoms with van der Waals surface area (Å²) in [5.74, 6) is 0. The monoisotopic (exact) mass is 307 g/mol. The van der Waals surface area contributed by atoms with Gasteiger partial charge >= 0.3 is 0 Å². The minimum Gasteiger partial charge on any atom is -0.306 e. The van der Waals surface area contributed by atoms with Crippen LogP contribution in [-0.4, -0.2) is 31.7 Å². The summed E-state index contributed by atoms with van der Waals surface area (Å²) in [6, 6.07) is 8.63. The molecule has 0 radical (unpaired) electrons. The second-order valence-corrected chi connectivity index (χ2v) is 6.29. The fourth-order valence-corrected chi connectivity index (χ4v) is 3.33. The topological polar surface area (TPSA) is 49.7 Å². The number of fused-ring (bicyclic) bond motifs is 1. The lowest BCUT2D eigenvalue weighted by Gasteiger charge is -2.16. The van der Waals surface area contributed by atoms with Crippen LogP contribution in [0, 0.1) is 0 Å². The van der Waals surface area contributed by atoms with Gasteiger partial charge in [0.15, 0.2) is 0 Å². The van der Waals surface area contributed by atoms with E-state index in [-0.39, 0.29) is 0 Å². The molecule has 5 nitrogen and oxygen atoms in total. The average molecular weight is 307 g/mol. The van der Waals surface area contributed by atoms with Crippen LogP contribution in [0.2, 0.25) is 0 Å². The van der Waals surface area contributed by atoms with Gasteiger partial charge < -0.3 is 4.57 Å². The lowest BCUT2D eigenvalue weighted by molar-refractivity contribution is 0.314. The fourth-order valence-electron chi connectivity index (χ4n) is 3.33. The van der Waals surface area contributed by atoms with Crippen LogP contribution in [0.25, 0.3) is 5.69 Å². The molecule has 0 spiro atoms. The summed E-state index contributed by atoms with van der Waals surface area (Å²) in [5, 5.41) is 7.68. The van der Waals surface area contributed by atoms with E-state index in [0.717, 1.165) is 25.2 Å². The molecule has 1 aliphatic rings. The van der Waals surface area contributed by atoms with Crippen molar-refractivity contribution in [1.29, 1.82) is 0 Å². The lowest BCUT2D eigenvalue weighted by Crippen LogP contribution is -2.18. The van der Waals surface area contributed by atoms with Crippen molar-refractivity contribution >= 4 is 0 Å². The van der Waals surface area contributed by atoms with E-state index in [1.165, 1.54) is 35.4 Å². The van der Waals surface area contributed by atoms with Gasteiger partial charge in [0.1, 0.15) is 0 Å². The van der Waals surface area contributed by atoms with Gasteiger partial charge in [-0.1, -0.05) is 12.1 Å². The van der Waals surface area contributed by atoms with Crippen molar-refractivity contribution < 1.29 is 0 Å². The Kier molecular flexibility index (Phi) is 3.71. The second-order valence-electron chi connectivity index (χ2n) is 6.29. The minimum atomic E-state index is 0.898. The number of aryl methyl sites for hydroxylation is 1. The molecule has 4 rings (SSSR count). The quantitative estimate of drug-likeness (QED) is 0.788. The average Bonchev–Trinajstić information content (AvgIpc) is 3.27. The summed E-state index contributed by atoms with van der Waals surface area (Å²) in [7, 11) is 2.15. The van der Waals surface area contributed by atoms with Crippen LogP contribution in [0.4, 0.5) is 0 Å². The summed E-state index contributed by atoms with van der Waals surface area (Å²) in [4.78, 5) is 6.40. The summed E-state index contributed by atoms with van der Waals surface area (Å²) in [6.45, 7) is 1.82. The zero-order valence-corrected chi connectivity index (χ0v) is 13.4. The first-order chi connectivity index (χ1) is 11.3. The molecule has 0 saturated carbocycles. The number of hydrogen-bond acceptors (Lipinski definition) is 3. The maximum absolute atomic E-state index is 4.49. The van der Waals surface area contributed by atoms with E-state index in [0.29, 0.717) is 0 Å². The van der Waals surface area contributed by atoms with E-state index in [4.69, 9.17) is 0 Å². The number of benzene rings is 1. The number of rotatable bonds is 5. The highest BCUT2D eigenvalue weighted by Gasteiger charge is 2.19. The first-order valence-corrected chi connectivity index (χ1v) is 8.10. The fraction of sp³-hybridized carbons (Fsp3) is 0.333. The molecule has 5 heteroatoms. The normalized spacial score (nSPS) is 13.7. The summed E-state index contributed by atoms with van der Waals surface area (Å²) in [6.07, 6.45) is 9.16. The predicted octanol–water partition coefficient (Wildman–Crippen LogP) is 2.72. The van der Waals surface area contributed by atoms with Crippen molar-refractivity contribution in [2.45, 2.75) is 32.4 Å². The summed E-state index contributed by atoms with van der Waals surface area (Å²) in [5.41, 5.74) is 6.46. The Morgan fingerprint density at radius 1 is 1.17 bits per heavy atom. The Morgan fingerprint density at radius 2 is 2.04 bits per heavy atom. The number of hydrogen-bond donors (Lipinski definition) is 1. The molecule has 0 fully saturated rings. The summed E-state index contributed by atoms with van der Waals surface area (Å²) >= 11 is 0. The van der Waals surface area contributed by atoms with Crippen molar-refractivity contribution in [2.75, 3.05) is 7.05 Å². The SMILES string of the molecule is CN(Cc1ccc(-n2ccnc2)cc1)Cc1n[nH]c2c1CCC2. The Balaban J connectivity index is 1.41. The molecule has 3 aromatic rings. The van der Waals surface area contributed by atoms with E-state index in [1.54, 1.807) is 6.20 Å². The third-order valence-corrected chi connectivity index (χ3v) is 4.50. The molecule has 2 aromatic heterocycles. The second kappa shape index (κ2) is 6.01. The molecule has 1 aliphatic carbocycles. The standard InChI is InChI=1S/C18H21N5/c1-22(12-18-16-3-2-4-17(16)20-21-18)11-14-5-7-15(8-6-14)23-10-9-19-13-23/h5-10,13H,2-4,11-12H2,1H3,(H,20,21). The maximum atomic E-state index is 4.49. The van der Waals surface area contributed by atoms with Crippen LogP contribution in [0.15, 0.2) is 43.0 Å². The number of aromatic amines is 1. The molecule has 23 heavy (non-hydrogen) atoms. The van der Waals surface area contributed by atoms with Crippen molar-refractivity contribution in [2.24, 2.45) is 0 Å². The first-order valence-electron chi connectivity index (χ1n) is 8.10. The van der Waals surface area contributed by atoms with Gasteiger partial charge in [-0.2, -0.15) is 5.10 Å². The summed E-state index contributed by atoms with van der Waals surface area (Å²) < 4.78 is 2.01. The van der Waals surface area contributed by atoms with E-state index in [1.807, 2.05) is 17.1 Å². The number of nitrogens with one attached hydrogen (secondary N) is 1. The van der Waals surface area contributed by atoms with Gasteiger partial charge in [0.2, 0.25) is 0 Å². The van der Waals surface area contributed by atoms with Crippen molar-refractivity contribution in [1.82, 2.24) is 24.6 Å². The van der Waals surface area contributed by atoms with Crippen LogP contribution < -0.4 is 0 Å². The Hall–Kier alpha value is -2.40. The van der Waals surface area contributed by atoms with Crippen molar-refractivity contribution in [3.05, 3.63) is 65.5 Å². The van der Waals surface area contributed by atoms with Crippen molar-refractivity contribution in [3.8, 4) is 5.69 Å². The van der Waals surface area contributed by atoms with E-state index >= 15 is 0 Å². The van der Waals surface area contributed by atoms with E-state index < -0.39 is 0 Å². The van der Waals surface area contributed by atoms with Crippen LogP contribution in [0.3, 0.4) is 0 Å². The number of nitrogens with zero attached hydrogens (tertiary/aromatic N) is 4. The molecule has 2 heterocycles. The van der Waals surface area contributed by atoms with Gasteiger partial charge in [-0.05, 0) is 49.6 Å². The molecule has 1 N–H and O–H groups in total. The maximum Gasteiger partial charge on any atom is 0.0991 e. The van der Waals surface area contributed by atoms with Gasteiger partial charge in [-0.15, -0.1) is 0 Å². The molecule has 0 unspecified atom stereocenters. The molecule has 0 saturated heterocycles. The molecule has 0 bridgehead atoms. The Morgan fingerprint density at radius 3 is 2.83 bits per heavy atom. The van der Waals surface area contributed by atoms with Crippen molar-refractivity contribution in [3.63, 3.8) is 0 Å². The zero-order chi connectivity index (χ0) is 15.6. The van der Waals surface area contributed by atoms with E-state index in [9.17, 15) is 0 Å².